The summed E-state index contributed by atoms with van der Waals surface area (Å²) in [6.07, 6.45) is 0. The van der Waals surface area contributed by atoms with E-state index in [0.717, 1.165) is 5.56 Å². The standard InChI is InChI=1S/C16H13N3O2S/c1-10-8-14(20)19-15(17-10)11-4-2-5-12(9-11)18-16(21)13-6-3-7-22-13/h2-9H,1H3,(H,18,21)(H,17,19,20). The molecule has 0 aliphatic rings. The molecule has 1 aromatic carbocycles. The highest BCUT2D eigenvalue weighted by atomic mass is 32.1. The molecule has 0 aliphatic carbocycles. The molecule has 22 heavy (non-hydrogen) atoms. The summed E-state index contributed by atoms with van der Waals surface area (Å²) in [4.78, 5) is 31.2. The first-order valence-corrected chi connectivity index (χ1v) is 7.53. The molecule has 0 bridgehead atoms. The predicted octanol–water partition coefficient (Wildman–Crippen LogP) is 3.06. The molecular weight excluding hydrogens is 298 g/mol. The van der Waals surface area contributed by atoms with Gasteiger partial charge in [-0.2, -0.15) is 0 Å². The fourth-order valence-electron chi connectivity index (χ4n) is 2.06. The smallest absolute Gasteiger partial charge is 0.265 e. The summed E-state index contributed by atoms with van der Waals surface area (Å²) in [6, 6.07) is 12.2. The summed E-state index contributed by atoms with van der Waals surface area (Å²) >= 11 is 1.38. The van der Waals surface area contributed by atoms with Gasteiger partial charge in [0, 0.05) is 23.0 Å². The van der Waals surface area contributed by atoms with Crippen LogP contribution in [0.25, 0.3) is 11.4 Å². The maximum atomic E-state index is 12.1. The van der Waals surface area contributed by atoms with Crippen molar-refractivity contribution in [1.29, 1.82) is 0 Å². The number of anilines is 1. The Morgan fingerprint density at radius 2 is 2.09 bits per heavy atom. The second-order valence-corrected chi connectivity index (χ2v) is 5.70. The molecule has 3 aromatic rings. The van der Waals surface area contributed by atoms with Crippen LogP contribution in [-0.4, -0.2) is 15.9 Å². The van der Waals surface area contributed by atoms with Gasteiger partial charge in [-0.25, -0.2) is 4.98 Å². The van der Waals surface area contributed by atoms with Crippen LogP contribution in [-0.2, 0) is 0 Å². The van der Waals surface area contributed by atoms with Crippen LogP contribution in [0.5, 0.6) is 0 Å². The van der Waals surface area contributed by atoms with Gasteiger partial charge < -0.3 is 10.3 Å². The number of thiophene rings is 1. The van der Waals surface area contributed by atoms with E-state index in [9.17, 15) is 9.59 Å². The number of nitrogens with zero attached hydrogens (tertiary/aromatic N) is 1. The van der Waals surface area contributed by atoms with Crippen LogP contribution in [0.2, 0.25) is 0 Å². The van der Waals surface area contributed by atoms with E-state index in [2.05, 4.69) is 15.3 Å². The van der Waals surface area contributed by atoms with Crippen molar-refractivity contribution in [2.75, 3.05) is 5.32 Å². The summed E-state index contributed by atoms with van der Waals surface area (Å²) < 4.78 is 0. The van der Waals surface area contributed by atoms with E-state index < -0.39 is 0 Å². The highest BCUT2D eigenvalue weighted by molar-refractivity contribution is 7.12. The van der Waals surface area contributed by atoms with E-state index in [-0.39, 0.29) is 11.5 Å². The Kier molecular flexibility index (Phi) is 3.84. The molecule has 3 rings (SSSR count). The summed E-state index contributed by atoms with van der Waals surface area (Å²) in [6.45, 7) is 1.77. The summed E-state index contributed by atoms with van der Waals surface area (Å²) in [5.41, 5.74) is 1.84. The predicted molar refractivity (Wildman–Crippen MR) is 87.3 cm³/mol. The fraction of sp³-hybridized carbons (Fsp3) is 0.0625. The Morgan fingerprint density at radius 3 is 2.82 bits per heavy atom. The van der Waals surface area contributed by atoms with Crippen LogP contribution < -0.4 is 10.9 Å². The maximum Gasteiger partial charge on any atom is 0.265 e. The summed E-state index contributed by atoms with van der Waals surface area (Å²) in [7, 11) is 0. The van der Waals surface area contributed by atoms with Gasteiger partial charge in [-0.15, -0.1) is 11.3 Å². The van der Waals surface area contributed by atoms with Gasteiger partial charge in [-0.3, -0.25) is 9.59 Å². The quantitative estimate of drug-likeness (QED) is 0.780. The molecule has 6 heteroatoms. The van der Waals surface area contributed by atoms with Gasteiger partial charge in [0.15, 0.2) is 0 Å². The normalized spacial score (nSPS) is 10.4. The van der Waals surface area contributed by atoms with Crippen molar-refractivity contribution in [1.82, 2.24) is 9.97 Å². The van der Waals surface area contributed by atoms with E-state index in [0.29, 0.717) is 22.1 Å². The molecule has 0 aliphatic heterocycles. The third-order valence-electron chi connectivity index (χ3n) is 3.01. The molecule has 2 heterocycles. The highest BCUT2D eigenvalue weighted by Gasteiger charge is 2.08. The fourth-order valence-corrected chi connectivity index (χ4v) is 2.68. The lowest BCUT2D eigenvalue weighted by Gasteiger charge is -2.06. The maximum absolute atomic E-state index is 12.1. The summed E-state index contributed by atoms with van der Waals surface area (Å²) in [5, 5.41) is 4.69. The second-order valence-electron chi connectivity index (χ2n) is 4.75. The first-order chi connectivity index (χ1) is 10.6. The molecule has 5 nitrogen and oxygen atoms in total. The minimum Gasteiger partial charge on any atom is -0.321 e. The second kappa shape index (κ2) is 5.95. The molecule has 2 N–H and O–H groups in total. The third-order valence-corrected chi connectivity index (χ3v) is 3.88. The number of benzene rings is 1. The van der Waals surface area contributed by atoms with E-state index >= 15 is 0 Å². The molecule has 1 amide bonds. The topological polar surface area (TPSA) is 74.8 Å². The SMILES string of the molecule is Cc1cc(=O)[nH]c(-c2cccc(NC(=O)c3cccs3)c2)n1. The number of hydrogen-bond acceptors (Lipinski definition) is 4. The first-order valence-electron chi connectivity index (χ1n) is 6.65. The van der Waals surface area contributed by atoms with Crippen LogP contribution >= 0.6 is 11.3 Å². The number of H-pyrrole nitrogens is 1. The number of carbonyl (C=O) groups excluding carboxylic acids is 1. The van der Waals surface area contributed by atoms with Gasteiger partial charge in [0.25, 0.3) is 11.5 Å². The molecule has 0 unspecified atom stereocenters. The molecule has 110 valence electrons. The molecule has 0 radical (unpaired) electrons. The van der Waals surface area contributed by atoms with Crippen molar-refractivity contribution in [3.05, 3.63) is 68.8 Å². The van der Waals surface area contributed by atoms with Gasteiger partial charge in [0.05, 0.1) is 4.88 Å². The lowest BCUT2D eigenvalue weighted by atomic mass is 10.2. The Bertz CT molecular complexity index is 869. The largest absolute Gasteiger partial charge is 0.321 e. The molecule has 0 fully saturated rings. The number of aryl methyl sites for hydroxylation is 1. The lowest BCUT2D eigenvalue weighted by molar-refractivity contribution is 0.103. The average molecular weight is 311 g/mol. The number of rotatable bonds is 3. The molecule has 2 aromatic heterocycles. The van der Waals surface area contributed by atoms with Gasteiger partial charge in [-0.05, 0) is 30.5 Å². The molecule has 0 spiro atoms. The Hall–Kier alpha value is -2.73. The Morgan fingerprint density at radius 1 is 1.23 bits per heavy atom. The van der Waals surface area contributed by atoms with Crippen molar-refractivity contribution in [2.45, 2.75) is 6.92 Å². The number of carbonyl (C=O) groups is 1. The number of nitrogens with one attached hydrogen (secondary N) is 2. The lowest BCUT2D eigenvalue weighted by Crippen LogP contribution is -2.11. The van der Waals surface area contributed by atoms with Gasteiger partial charge in [0.2, 0.25) is 0 Å². The van der Waals surface area contributed by atoms with Crippen LogP contribution in [0.1, 0.15) is 15.4 Å². The zero-order valence-electron chi connectivity index (χ0n) is 11.8. The van der Waals surface area contributed by atoms with Crippen LogP contribution in [0.3, 0.4) is 0 Å². The minimum absolute atomic E-state index is 0.155. The van der Waals surface area contributed by atoms with Crippen molar-refractivity contribution in [3.63, 3.8) is 0 Å². The van der Waals surface area contributed by atoms with Crippen LogP contribution in [0.15, 0.2) is 52.6 Å². The average Bonchev–Trinajstić information content (AvgIpc) is 3.01. The van der Waals surface area contributed by atoms with Crippen molar-refractivity contribution in [2.24, 2.45) is 0 Å². The molecular formula is C16H13N3O2S. The summed E-state index contributed by atoms with van der Waals surface area (Å²) in [5.74, 6) is 0.329. The first kappa shape index (κ1) is 14.2. The van der Waals surface area contributed by atoms with E-state index in [1.807, 2.05) is 23.6 Å². The Balaban J connectivity index is 1.89. The highest BCUT2D eigenvalue weighted by Crippen LogP contribution is 2.20. The third kappa shape index (κ3) is 3.12. The zero-order valence-corrected chi connectivity index (χ0v) is 12.6. The molecule has 0 saturated carbocycles. The minimum atomic E-state index is -0.199. The monoisotopic (exact) mass is 311 g/mol. The number of hydrogen-bond donors (Lipinski definition) is 2. The van der Waals surface area contributed by atoms with Crippen molar-refractivity contribution >= 4 is 22.9 Å². The number of aromatic nitrogens is 2. The van der Waals surface area contributed by atoms with E-state index in [4.69, 9.17) is 0 Å². The number of amides is 1. The van der Waals surface area contributed by atoms with E-state index in [1.54, 1.807) is 25.1 Å². The van der Waals surface area contributed by atoms with Gasteiger partial charge >= 0.3 is 0 Å². The van der Waals surface area contributed by atoms with E-state index in [1.165, 1.54) is 17.4 Å². The van der Waals surface area contributed by atoms with Crippen molar-refractivity contribution in [3.8, 4) is 11.4 Å². The molecule has 0 saturated heterocycles. The Labute approximate surface area is 130 Å². The van der Waals surface area contributed by atoms with Crippen LogP contribution in [0, 0.1) is 6.92 Å². The van der Waals surface area contributed by atoms with Gasteiger partial charge in [-0.1, -0.05) is 18.2 Å². The zero-order chi connectivity index (χ0) is 15.5. The molecule has 0 atom stereocenters. The van der Waals surface area contributed by atoms with Crippen LogP contribution in [0.4, 0.5) is 5.69 Å². The number of aromatic amines is 1. The van der Waals surface area contributed by atoms with Gasteiger partial charge in [0.1, 0.15) is 5.82 Å². The van der Waals surface area contributed by atoms with Crippen molar-refractivity contribution < 1.29 is 4.79 Å².